The average Bonchev–Trinajstić information content (AvgIpc) is 1.85. The number of esters is 1. The first-order valence-electron chi connectivity index (χ1n) is 3.19. The van der Waals surface area contributed by atoms with Gasteiger partial charge in [-0.2, -0.15) is 0 Å². The monoisotopic (exact) mass is 234 g/mol. The molecule has 0 rings (SSSR count). The predicted octanol–water partition coefficient (Wildman–Crippen LogP) is 1.53. The first kappa shape index (κ1) is 12.3. The second-order valence-corrected chi connectivity index (χ2v) is 4.59. The zero-order valence-corrected chi connectivity index (χ0v) is 8.66. The molecular weight excluding hydrogens is 226 g/mol. The van der Waals surface area contributed by atoms with Gasteiger partial charge in [0.2, 0.25) is 0 Å². The number of aliphatic hydroxyl groups is 1. The predicted molar refractivity (Wildman–Crippen MR) is 47.5 cm³/mol. The number of alkyl halides is 3. The lowest BCUT2D eigenvalue weighted by molar-refractivity contribution is -0.142. The summed E-state index contributed by atoms with van der Waals surface area (Å²) in [6.07, 6.45) is 0. The molecule has 0 radical (unpaired) electrons. The van der Waals surface area contributed by atoms with Crippen molar-refractivity contribution in [3.8, 4) is 0 Å². The van der Waals surface area contributed by atoms with Gasteiger partial charge in [0, 0.05) is 6.92 Å². The van der Waals surface area contributed by atoms with Crippen LogP contribution in [0.3, 0.4) is 0 Å². The van der Waals surface area contributed by atoms with Crippen LogP contribution < -0.4 is 0 Å². The minimum absolute atomic E-state index is 0.0949. The van der Waals surface area contributed by atoms with Gasteiger partial charge in [0.1, 0.15) is 6.61 Å². The molecule has 0 aromatic heterocycles. The lowest BCUT2D eigenvalue weighted by Gasteiger charge is -2.21. The molecule has 0 aliphatic rings. The summed E-state index contributed by atoms with van der Waals surface area (Å²) < 4.78 is 2.96. The van der Waals surface area contributed by atoms with Gasteiger partial charge in [-0.05, 0) is 0 Å². The summed E-state index contributed by atoms with van der Waals surface area (Å²) in [5.41, 5.74) is 0. The molecule has 0 fully saturated rings. The van der Waals surface area contributed by atoms with Crippen LogP contribution >= 0.6 is 34.8 Å². The van der Waals surface area contributed by atoms with E-state index in [1.165, 1.54) is 6.92 Å². The van der Waals surface area contributed by atoms with E-state index in [-0.39, 0.29) is 13.2 Å². The zero-order valence-electron chi connectivity index (χ0n) is 6.39. The van der Waals surface area contributed by atoms with Crippen molar-refractivity contribution >= 4 is 40.8 Å². The van der Waals surface area contributed by atoms with E-state index in [1.54, 1.807) is 0 Å². The van der Waals surface area contributed by atoms with E-state index in [0.717, 1.165) is 0 Å². The molecule has 0 saturated carbocycles. The third-order valence-electron chi connectivity index (χ3n) is 1.17. The molecule has 12 heavy (non-hydrogen) atoms. The SMILES string of the molecule is CC(=O)OCC(CO)C(Cl)(Cl)Cl. The van der Waals surface area contributed by atoms with Gasteiger partial charge in [-0.25, -0.2) is 0 Å². The summed E-state index contributed by atoms with van der Waals surface area (Å²) in [6.45, 7) is 0.804. The number of carbonyl (C=O) groups is 1. The van der Waals surface area contributed by atoms with Crippen LogP contribution in [0.4, 0.5) is 0 Å². The Labute approximate surface area is 85.5 Å². The number of carbonyl (C=O) groups excluding carboxylic acids is 1. The fourth-order valence-electron chi connectivity index (χ4n) is 0.469. The van der Waals surface area contributed by atoms with Gasteiger partial charge in [-0.15, -0.1) is 0 Å². The van der Waals surface area contributed by atoms with Gasteiger partial charge in [0.05, 0.1) is 12.5 Å². The Morgan fingerprint density at radius 2 is 2.08 bits per heavy atom. The fraction of sp³-hybridized carbons (Fsp3) is 0.833. The normalized spacial score (nSPS) is 14.1. The minimum Gasteiger partial charge on any atom is -0.465 e. The molecule has 6 heteroatoms. The van der Waals surface area contributed by atoms with E-state index < -0.39 is 15.7 Å². The Morgan fingerprint density at radius 1 is 1.58 bits per heavy atom. The molecule has 0 heterocycles. The zero-order chi connectivity index (χ0) is 9.78. The van der Waals surface area contributed by atoms with Crippen molar-refractivity contribution in [2.75, 3.05) is 13.2 Å². The van der Waals surface area contributed by atoms with Crippen molar-refractivity contribution in [2.45, 2.75) is 10.7 Å². The van der Waals surface area contributed by atoms with Crippen LogP contribution in [-0.2, 0) is 9.53 Å². The lowest BCUT2D eigenvalue weighted by Crippen LogP contribution is -2.28. The van der Waals surface area contributed by atoms with Crippen LogP contribution in [0.25, 0.3) is 0 Å². The molecule has 0 aliphatic carbocycles. The standard InChI is InChI=1S/C6H9Cl3O3/c1-4(11)12-3-5(2-10)6(7,8)9/h5,10H,2-3H2,1H3. The van der Waals surface area contributed by atoms with E-state index in [1.807, 2.05) is 0 Å². The topological polar surface area (TPSA) is 46.5 Å². The van der Waals surface area contributed by atoms with Crippen molar-refractivity contribution in [2.24, 2.45) is 5.92 Å². The van der Waals surface area contributed by atoms with Gasteiger partial charge >= 0.3 is 5.97 Å². The maximum Gasteiger partial charge on any atom is 0.302 e. The average molecular weight is 235 g/mol. The van der Waals surface area contributed by atoms with Gasteiger partial charge in [-0.1, -0.05) is 34.8 Å². The molecule has 1 N–H and O–H groups in total. The number of halogens is 3. The molecular formula is C6H9Cl3O3. The van der Waals surface area contributed by atoms with Crippen LogP contribution in [0.15, 0.2) is 0 Å². The van der Waals surface area contributed by atoms with Gasteiger partial charge in [0.25, 0.3) is 0 Å². The van der Waals surface area contributed by atoms with Crippen molar-refractivity contribution in [3.05, 3.63) is 0 Å². The van der Waals surface area contributed by atoms with Gasteiger partial charge in [0.15, 0.2) is 3.79 Å². The number of aliphatic hydroxyl groups excluding tert-OH is 1. The molecule has 0 aromatic carbocycles. The maximum atomic E-state index is 10.4. The Hall–Kier alpha value is 0.300. The summed E-state index contributed by atoms with van der Waals surface area (Å²) in [6, 6.07) is 0. The summed E-state index contributed by atoms with van der Waals surface area (Å²) in [4.78, 5) is 10.4. The summed E-state index contributed by atoms with van der Waals surface area (Å²) in [7, 11) is 0. The van der Waals surface area contributed by atoms with Crippen LogP contribution in [0.1, 0.15) is 6.92 Å². The minimum atomic E-state index is -1.61. The van der Waals surface area contributed by atoms with Crippen LogP contribution in [0.2, 0.25) is 0 Å². The molecule has 0 spiro atoms. The van der Waals surface area contributed by atoms with E-state index in [0.29, 0.717) is 0 Å². The van der Waals surface area contributed by atoms with Crippen molar-refractivity contribution in [3.63, 3.8) is 0 Å². The van der Waals surface area contributed by atoms with Crippen LogP contribution in [0, 0.1) is 5.92 Å². The molecule has 3 nitrogen and oxygen atoms in total. The highest BCUT2D eigenvalue weighted by atomic mass is 35.6. The molecule has 1 unspecified atom stereocenters. The Morgan fingerprint density at radius 3 is 2.33 bits per heavy atom. The van der Waals surface area contributed by atoms with E-state index in [2.05, 4.69) is 4.74 Å². The summed E-state index contributed by atoms with van der Waals surface area (Å²) in [5.74, 6) is -1.16. The quantitative estimate of drug-likeness (QED) is 0.596. The first-order chi connectivity index (χ1) is 5.38. The van der Waals surface area contributed by atoms with E-state index in [4.69, 9.17) is 39.9 Å². The highest BCUT2D eigenvalue weighted by Crippen LogP contribution is 2.34. The second-order valence-electron chi connectivity index (χ2n) is 2.22. The summed E-state index contributed by atoms with van der Waals surface area (Å²) >= 11 is 16.4. The third kappa shape index (κ3) is 5.04. The number of hydrogen-bond donors (Lipinski definition) is 1. The number of rotatable bonds is 3. The maximum absolute atomic E-state index is 10.4. The number of hydrogen-bond acceptors (Lipinski definition) is 3. The molecule has 72 valence electrons. The molecule has 0 aromatic rings. The number of ether oxygens (including phenoxy) is 1. The van der Waals surface area contributed by atoms with Crippen LogP contribution in [0.5, 0.6) is 0 Å². The molecule has 0 amide bonds. The van der Waals surface area contributed by atoms with Gasteiger partial charge < -0.3 is 9.84 Å². The van der Waals surface area contributed by atoms with Gasteiger partial charge in [-0.3, -0.25) is 4.79 Å². The Kier molecular flexibility index (Phi) is 5.25. The van der Waals surface area contributed by atoms with E-state index >= 15 is 0 Å². The highest BCUT2D eigenvalue weighted by molar-refractivity contribution is 6.67. The van der Waals surface area contributed by atoms with Crippen molar-refractivity contribution in [1.29, 1.82) is 0 Å². The Bertz CT molecular complexity index is 155. The van der Waals surface area contributed by atoms with Crippen LogP contribution in [-0.4, -0.2) is 28.1 Å². The largest absolute Gasteiger partial charge is 0.465 e. The lowest BCUT2D eigenvalue weighted by atomic mass is 10.2. The molecule has 0 saturated heterocycles. The molecule has 1 atom stereocenters. The Balaban J connectivity index is 3.92. The van der Waals surface area contributed by atoms with E-state index in [9.17, 15) is 4.79 Å². The first-order valence-corrected chi connectivity index (χ1v) is 4.32. The third-order valence-corrected chi connectivity index (χ3v) is 2.10. The van der Waals surface area contributed by atoms with Crippen molar-refractivity contribution in [1.82, 2.24) is 0 Å². The second kappa shape index (κ2) is 5.12. The molecule has 0 aliphatic heterocycles. The fourth-order valence-corrected chi connectivity index (χ4v) is 0.865. The summed E-state index contributed by atoms with van der Waals surface area (Å²) in [5, 5.41) is 8.73. The van der Waals surface area contributed by atoms with Crippen molar-refractivity contribution < 1.29 is 14.6 Å². The molecule has 0 bridgehead atoms. The smallest absolute Gasteiger partial charge is 0.302 e. The highest BCUT2D eigenvalue weighted by Gasteiger charge is 2.32.